The highest BCUT2D eigenvalue weighted by molar-refractivity contribution is 6.30. The molecule has 144 valence electrons. The fraction of sp³-hybridized carbons (Fsp3) is 0.556. The Morgan fingerprint density at radius 3 is 2.23 bits per heavy atom. The minimum atomic E-state index is -4.66. The van der Waals surface area contributed by atoms with E-state index in [1.54, 1.807) is 4.90 Å². The molecule has 0 unspecified atom stereocenters. The topological polar surface area (TPSA) is 49.4 Å². The lowest BCUT2D eigenvalue weighted by Gasteiger charge is -2.26. The van der Waals surface area contributed by atoms with Crippen LogP contribution >= 0.6 is 11.6 Å². The lowest BCUT2D eigenvalue weighted by atomic mass is 10.0. The first-order valence-corrected chi connectivity index (χ1v) is 9.01. The lowest BCUT2D eigenvalue weighted by Crippen LogP contribution is -2.43. The van der Waals surface area contributed by atoms with Gasteiger partial charge in [0, 0.05) is 18.1 Å². The molecular weight excluding hydrogens is 369 g/mol. The van der Waals surface area contributed by atoms with Crippen molar-refractivity contribution < 1.29 is 22.8 Å². The second-order valence-electron chi connectivity index (χ2n) is 6.52. The molecule has 2 rings (SSSR count). The van der Waals surface area contributed by atoms with Crippen LogP contribution in [-0.2, 0) is 15.8 Å². The molecule has 1 fully saturated rings. The van der Waals surface area contributed by atoms with Gasteiger partial charge in [0.1, 0.15) is 5.41 Å². The van der Waals surface area contributed by atoms with Gasteiger partial charge in [-0.2, -0.15) is 13.2 Å². The molecule has 1 aromatic carbocycles. The van der Waals surface area contributed by atoms with E-state index in [1.807, 2.05) is 13.8 Å². The summed E-state index contributed by atoms with van der Waals surface area (Å²) in [7, 11) is 0. The first-order valence-electron chi connectivity index (χ1n) is 8.63. The molecular formula is C18H22ClF3N2O2. The molecule has 26 heavy (non-hydrogen) atoms. The van der Waals surface area contributed by atoms with Gasteiger partial charge in [-0.1, -0.05) is 25.4 Å². The van der Waals surface area contributed by atoms with Gasteiger partial charge in [-0.3, -0.25) is 9.59 Å². The Morgan fingerprint density at radius 2 is 1.77 bits per heavy atom. The smallest absolute Gasteiger partial charge is 0.342 e. The van der Waals surface area contributed by atoms with Gasteiger partial charge in [0.05, 0.1) is 11.3 Å². The van der Waals surface area contributed by atoms with E-state index >= 15 is 0 Å². The molecule has 1 saturated carbocycles. The van der Waals surface area contributed by atoms with Crippen molar-refractivity contribution in [2.75, 3.05) is 18.4 Å². The number of hydrogen-bond donors (Lipinski definition) is 1. The monoisotopic (exact) mass is 390 g/mol. The highest BCUT2D eigenvalue weighted by Gasteiger charge is 2.58. The minimum Gasteiger partial charge on any atom is -0.342 e. The van der Waals surface area contributed by atoms with Gasteiger partial charge in [-0.25, -0.2) is 0 Å². The zero-order valence-electron chi connectivity index (χ0n) is 14.8. The van der Waals surface area contributed by atoms with Crippen LogP contribution in [0.3, 0.4) is 0 Å². The summed E-state index contributed by atoms with van der Waals surface area (Å²) in [5.74, 6) is -0.992. The maximum Gasteiger partial charge on any atom is 0.418 e. The Kier molecular flexibility index (Phi) is 6.21. The van der Waals surface area contributed by atoms with Gasteiger partial charge in [0.2, 0.25) is 11.8 Å². The Labute approximate surface area is 155 Å². The van der Waals surface area contributed by atoms with Crippen LogP contribution in [0.1, 0.15) is 45.1 Å². The van der Waals surface area contributed by atoms with Gasteiger partial charge in [0.15, 0.2) is 0 Å². The molecule has 1 aromatic rings. The second kappa shape index (κ2) is 7.86. The number of nitrogens with one attached hydrogen (secondary N) is 1. The zero-order valence-corrected chi connectivity index (χ0v) is 15.5. The molecule has 0 saturated heterocycles. The van der Waals surface area contributed by atoms with Crippen LogP contribution < -0.4 is 5.32 Å². The normalized spacial score (nSPS) is 15.5. The number of anilines is 1. The molecule has 8 heteroatoms. The maximum atomic E-state index is 13.2. The molecule has 0 bridgehead atoms. The molecule has 0 aliphatic heterocycles. The van der Waals surface area contributed by atoms with Crippen LogP contribution in [0, 0.1) is 5.41 Å². The van der Waals surface area contributed by atoms with Crippen LogP contribution in [0.4, 0.5) is 18.9 Å². The van der Waals surface area contributed by atoms with Crippen molar-refractivity contribution in [1.82, 2.24) is 4.90 Å². The number of nitrogens with zero attached hydrogens (tertiary/aromatic N) is 1. The van der Waals surface area contributed by atoms with Crippen molar-refractivity contribution in [1.29, 1.82) is 0 Å². The maximum absolute atomic E-state index is 13.2. The SMILES string of the molecule is CCCN(CCC)C(=O)C1(C(=O)Nc2ccc(Cl)cc2C(F)(F)F)CC1. The average Bonchev–Trinajstić information content (AvgIpc) is 3.36. The predicted octanol–water partition coefficient (Wildman–Crippen LogP) is 4.73. The summed E-state index contributed by atoms with van der Waals surface area (Å²) in [6, 6.07) is 3.15. The van der Waals surface area contributed by atoms with Gasteiger partial charge < -0.3 is 10.2 Å². The van der Waals surface area contributed by atoms with Crippen LogP contribution in [0.2, 0.25) is 5.02 Å². The summed E-state index contributed by atoms with van der Waals surface area (Å²) in [6.45, 7) is 4.91. The molecule has 0 spiro atoms. The van der Waals surface area contributed by atoms with Gasteiger partial charge in [0.25, 0.3) is 0 Å². The Hall–Kier alpha value is -1.76. The first kappa shape index (κ1) is 20.6. The summed E-state index contributed by atoms with van der Waals surface area (Å²) in [5, 5.41) is 2.22. The third-order valence-corrected chi connectivity index (χ3v) is 4.64. The largest absolute Gasteiger partial charge is 0.418 e. The average molecular weight is 391 g/mol. The molecule has 0 atom stereocenters. The van der Waals surface area contributed by atoms with Crippen molar-refractivity contribution in [3.05, 3.63) is 28.8 Å². The van der Waals surface area contributed by atoms with E-state index in [1.165, 1.54) is 6.07 Å². The van der Waals surface area contributed by atoms with E-state index < -0.39 is 23.1 Å². The molecule has 0 radical (unpaired) electrons. The minimum absolute atomic E-state index is 0.0791. The third-order valence-electron chi connectivity index (χ3n) is 4.40. The van der Waals surface area contributed by atoms with E-state index in [2.05, 4.69) is 5.32 Å². The van der Waals surface area contributed by atoms with Crippen molar-refractivity contribution in [2.45, 2.75) is 45.7 Å². The zero-order chi connectivity index (χ0) is 19.5. The second-order valence-corrected chi connectivity index (χ2v) is 6.95. The number of halogens is 4. The fourth-order valence-electron chi connectivity index (χ4n) is 2.92. The number of benzene rings is 1. The molecule has 4 nitrogen and oxygen atoms in total. The first-order chi connectivity index (χ1) is 12.2. The summed E-state index contributed by atoms with van der Waals surface area (Å²) >= 11 is 5.65. The number of hydrogen-bond acceptors (Lipinski definition) is 2. The predicted molar refractivity (Wildman–Crippen MR) is 93.9 cm³/mol. The summed E-state index contributed by atoms with van der Waals surface area (Å²) < 4.78 is 39.6. The van der Waals surface area contributed by atoms with Crippen molar-refractivity contribution >= 4 is 29.1 Å². The number of amides is 2. The quantitative estimate of drug-likeness (QED) is 0.684. The van der Waals surface area contributed by atoms with Crippen molar-refractivity contribution in [2.24, 2.45) is 5.41 Å². The summed E-state index contributed by atoms with van der Waals surface area (Å²) in [6.07, 6.45) is -2.48. The van der Waals surface area contributed by atoms with E-state index in [0.29, 0.717) is 25.9 Å². The molecule has 1 aliphatic rings. The Balaban J connectivity index is 2.23. The van der Waals surface area contributed by atoms with E-state index in [9.17, 15) is 22.8 Å². The van der Waals surface area contributed by atoms with Crippen LogP contribution in [0.25, 0.3) is 0 Å². The molecule has 0 aromatic heterocycles. The van der Waals surface area contributed by atoms with E-state index in [0.717, 1.165) is 25.0 Å². The standard InChI is InChI=1S/C18H22ClF3N2O2/c1-3-9-24(10-4-2)16(26)17(7-8-17)15(25)23-14-6-5-12(19)11-13(14)18(20,21)22/h5-6,11H,3-4,7-10H2,1-2H3,(H,23,25). The number of rotatable bonds is 7. The highest BCUT2D eigenvalue weighted by Crippen LogP contribution is 2.49. The number of alkyl halides is 3. The van der Waals surface area contributed by atoms with Gasteiger partial charge in [-0.15, -0.1) is 0 Å². The van der Waals surface area contributed by atoms with E-state index in [4.69, 9.17) is 11.6 Å². The van der Waals surface area contributed by atoms with Crippen LogP contribution in [0.15, 0.2) is 18.2 Å². The van der Waals surface area contributed by atoms with Crippen molar-refractivity contribution in [3.8, 4) is 0 Å². The van der Waals surface area contributed by atoms with Crippen LogP contribution in [0.5, 0.6) is 0 Å². The Bertz CT molecular complexity index is 682. The van der Waals surface area contributed by atoms with Crippen LogP contribution in [-0.4, -0.2) is 29.8 Å². The molecule has 1 aliphatic carbocycles. The van der Waals surface area contributed by atoms with Gasteiger partial charge in [-0.05, 0) is 43.9 Å². The number of carbonyl (C=O) groups excluding carboxylic acids is 2. The fourth-order valence-corrected chi connectivity index (χ4v) is 3.09. The third kappa shape index (κ3) is 4.31. The number of carbonyl (C=O) groups is 2. The molecule has 0 heterocycles. The lowest BCUT2D eigenvalue weighted by molar-refractivity contribution is -0.142. The molecule has 2 amide bonds. The Morgan fingerprint density at radius 1 is 1.19 bits per heavy atom. The highest BCUT2D eigenvalue weighted by atomic mass is 35.5. The summed E-state index contributed by atoms with van der Waals surface area (Å²) in [5.41, 5.74) is -2.67. The van der Waals surface area contributed by atoms with Crippen molar-refractivity contribution in [3.63, 3.8) is 0 Å². The van der Waals surface area contributed by atoms with Gasteiger partial charge >= 0.3 is 6.18 Å². The molecule has 1 N–H and O–H groups in total. The summed E-state index contributed by atoms with van der Waals surface area (Å²) in [4.78, 5) is 27.1. The van der Waals surface area contributed by atoms with E-state index in [-0.39, 0.29) is 16.6 Å².